The van der Waals surface area contributed by atoms with Gasteiger partial charge in [0.25, 0.3) is 5.75 Å². The molecule has 4 N–H and O–H groups in total. The van der Waals surface area contributed by atoms with Gasteiger partial charge in [0.2, 0.25) is 5.95 Å². The molecule has 2 saturated heterocycles. The molecule has 0 bridgehead atoms. The van der Waals surface area contributed by atoms with Gasteiger partial charge >= 0.3 is 5.90 Å². The number of allylic oxidation sites excluding steroid dienone is 2. The number of hydrogen-bond donors (Lipinski definition) is 1. The van der Waals surface area contributed by atoms with E-state index in [0.717, 1.165) is 95.9 Å². The number of aryl methyl sites for hydroxylation is 1. The standard InChI is InChI=1S/C30H40N4O3/c1-2-22-19-31-30(32-20-22)34-15-11-23(12-16-34)21-37-28-9-7-25(8-10-28)24-3-5-26(6-4-24)29(36)33-17-13-27(35)14-18-33/h3,7-10,19-20,23,26-27,35H,2,4-6,11-18,21H2,1H3/p+3. The maximum absolute atomic E-state index is 10.8. The van der Waals surface area contributed by atoms with Gasteiger partial charge in [0.15, 0.2) is 25.8 Å². The van der Waals surface area contributed by atoms with E-state index in [9.17, 15) is 5.11 Å². The van der Waals surface area contributed by atoms with Crippen LogP contribution in [0.25, 0.3) is 5.57 Å². The van der Waals surface area contributed by atoms with Gasteiger partial charge in [-0.25, -0.2) is 14.5 Å². The fourth-order valence-electron chi connectivity index (χ4n) is 5.72. The number of ether oxygens (including phenoxy) is 1. The summed E-state index contributed by atoms with van der Waals surface area (Å²) in [6.45, 7) is 6.63. The Kier molecular flexibility index (Phi) is 8.39. The van der Waals surface area contributed by atoms with Crippen LogP contribution in [0.3, 0.4) is 0 Å². The van der Waals surface area contributed by atoms with Crippen LogP contribution >= 0.6 is 0 Å². The zero-order chi connectivity index (χ0) is 25.6. The first kappa shape index (κ1) is 25.7. The zero-order valence-corrected chi connectivity index (χ0v) is 22.1. The first-order valence-corrected chi connectivity index (χ1v) is 14.1. The number of benzene rings is 1. The molecule has 1 unspecified atom stereocenters. The Morgan fingerprint density at radius 2 is 1.76 bits per heavy atom. The highest BCUT2D eigenvalue weighted by Crippen LogP contribution is 2.32. The number of piperidine rings is 2. The highest BCUT2D eigenvalue weighted by atomic mass is 16.5. The van der Waals surface area contributed by atoms with Crippen molar-refractivity contribution in [1.29, 1.82) is 0 Å². The van der Waals surface area contributed by atoms with E-state index in [2.05, 4.69) is 56.7 Å². The Balaban J connectivity index is 1.07. The molecule has 3 heterocycles. The molecule has 0 amide bonds. The van der Waals surface area contributed by atoms with Gasteiger partial charge in [-0.05, 0) is 67.4 Å². The van der Waals surface area contributed by atoms with E-state index in [4.69, 9.17) is 9.84 Å². The van der Waals surface area contributed by atoms with Crippen LogP contribution in [0.2, 0.25) is 0 Å². The van der Waals surface area contributed by atoms with Crippen molar-refractivity contribution < 1.29 is 19.5 Å². The van der Waals surface area contributed by atoms with E-state index in [1.54, 1.807) is 0 Å². The average molecular weight is 508 g/mol. The molecule has 7 nitrogen and oxygen atoms in total. The van der Waals surface area contributed by atoms with Crippen LogP contribution in [0.1, 0.15) is 63.0 Å². The van der Waals surface area contributed by atoms with Crippen molar-refractivity contribution in [2.75, 3.05) is 37.7 Å². The lowest BCUT2D eigenvalue weighted by molar-refractivity contribution is -0.551. The van der Waals surface area contributed by atoms with Crippen LogP contribution in [-0.4, -0.2) is 74.3 Å². The van der Waals surface area contributed by atoms with Gasteiger partial charge in [0.05, 0.1) is 18.8 Å². The van der Waals surface area contributed by atoms with Crippen molar-refractivity contribution in [3.8, 4) is 5.75 Å². The summed E-state index contributed by atoms with van der Waals surface area (Å²) in [6, 6.07) is 8.70. The Bertz CT molecular complexity index is 1080. The topological polar surface area (TPSA) is 88.0 Å². The van der Waals surface area contributed by atoms with Crippen molar-refractivity contribution in [2.24, 2.45) is 11.8 Å². The molecule has 1 atom stereocenters. The molecule has 5 rings (SSSR count). The van der Waals surface area contributed by atoms with Gasteiger partial charge in [-0.2, -0.15) is 0 Å². The average Bonchev–Trinajstić information content (AvgIpc) is 2.97. The molecular weight excluding hydrogens is 464 g/mol. The second-order valence-corrected chi connectivity index (χ2v) is 10.9. The van der Waals surface area contributed by atoms with Crippen molar-refractivity contribution in [1.82, 2.24) is 9.97 Å². The molecule has 3 aliphatic rings. The summed E-state index contributed by atoms with van der Waals surface area (Å²) >= 11 is 0. The number of aliphatic hydroxyl groups is 2. The van der Waals surface area contributed by atoms with Crippen LogP contribution in [0.5, 0.6) is 5.75 Å². The predicted octanol–water partition coefficient (Wildman–Crippen LogP) is 4.24. The van der Waals surface area contributed by atoms with Gasteiger partial charge in [-0.15, -0.1) is 0 Å². The molecule has 0 spiro atoms. The summed E-state index contributed by atoms with van der Waals surface area (Å²) in [7, 11) is 0. The SMILES string of the molecule is CCc1cnc(N2CCC(C[OH+]c3ccc(C4=CCC(C(O)=[N+]5CCC([OH2+])CC5)CC4)cc3)CC2)nc1. The first-order valence-electron chi connectivity index (χ1n) is 14.1. The molecule has 0 saturated carbocycles. The number of rotatable bonds is 7. The lowest BCUT2D eigenvalue weighted by Crippen LogP contribution is -2.36. The van der Waals surface area contributed by atoms with Crippen LogP contribution in [-0.2, 0) is 6.42 Å². The first-order chi connectivity index (χ1) is 18.1. The molecule has 1 aromatic carbocycles. The highest BCUT2D eigenvalue weighted by Gasteiger charge is 2.31. The quantitative estimate of drug-likeness (QED) is 0.345. The second kappa shape index (κ2) is 12.1. The van der Waals surface area contributed by atoms with Crippen molar-refractivity contribution >= 4 is 17.4 Å². The van der Waals surface area contributed by atoms with Gasteiger partial charge in [0.1, 0.15) is 0 Å². The summed E-state index contributed by atoms with van der Waals surface area (Å²) in [5, 5.41) is 18.6. The Hall–Kier alpha value is -2.93. The summed E-state index contributed by atoms with van der Waals surface area (Å²) in [5.41, 5.74) is 3.83. The van der Waals surface area contributed by atoms with E-state index in [-0.39, 0.29) is 12.0 Å². The van der Waals surface area contributed by atoms with Crippen LogP contribution < -0.4 is 4.90 Å². The minimum Gasteiger partial charge on any atom is -0.582 e. The Morgan fingerprint density at radius 3 is 2.38 bits per heavy atom. The van der Waals surface area contributed by atoms with Gasteiger partial charge in [0, 0.05) is 43.5 Å². The van der Waals surface area contributed by atoms with Gasteiger partial charge in [-0.3, -0.25) is 0 Å². The third-order valence-corrected chi connectivity index (χ3v) is 8.36. The lowest BCUT2D eigenvalue weighted by Gasteiger charge is -2.30. The number of aromatic hydroxyl groups is 1. The Labute approximate surface area is 220 Å². The van der Waals surface area contributed by atoms with Crippen LogP contribution in [0, 0.1) is 11.8 Å². The fraction of sp³-hybridized carbons (Fsp3) is 0.567. The van der Waals surface area contributed by atoms with E-state index >= 15 is 0 Å². The van der Waals surface area contributed by atoms with Crippen LogP contribution in [0.4, 0.5) is 5.95 Å². The predicted molar refractivity (Wildman–Crippen MR) is 149 cm³/mol. The summed E-state index contributed by atoms with van der Waals surface area (Å²) in [4.78, 5) is 11.4. The molecule has 2 fully saturated rings. The van der Waals surface area contributed by atoms with Crippen molar-refractivity contribution in [3.05, 3.63) is 53.9 Å². The fourth-order valence-corrected chi connectivity index (χ4v) is 5.72. The monoisotopic (exact) mass is 507 g/mol. The zero-order valence-electron chi connectivity index (χ0n) is 22.1. The van der Waals surface area contributed by atoms with Gasteiger partial charge in [-0.1, -0.05) is 13.0 Å². The molecule has 1 aromatic heterocycles. The van der Waals surface area contributed by atoms with Crippen LogP contribution in [0.15, 0.2) is 42.7 Å². The molecule has 1 aliphatic carbocycles. The van der Waals surface area contributed by atoms with Gasteiger partial charge < -0.3 is 19.8 Å². The molecule has 37 heavy (non-hydrogen) atoms. The largest absolute Gasteiger partial charge is 0.582 e. The molecule has 2 aromatic rings. The smallest absolute Gasteiger partial charge is 0.337 e. The normalized spacial score (nSPS) is 23.0. The summed E-state index contributed by atoms with van der Waals surface area (Å²) < 4.78 is 7.01. The minimum absolute atomic E-state index is 0.0357. The number of aliphatic hydroxyl groups excluding tert-OH is 1. The number of nitrogens with zero attached hydrogens (tertiary/aromatic N) is 4. The lowest BCUT2D eigenvalue weighted by atomic mass is 9.86. The number of hydrogen-bond acceptors (Lipinski definition) is 3. The maximum atomic E-state index is 10.8. The van der Waals surface area contributed by atoms with Crippen molar-refractivity contribution in [3.63, 3.8) is 0 Å². The number of anilines is 1. The van der Waals surface area contributed by atoms with E-state index < -0.39 is 0 Å². The molecule has 198 valence electrons. The molecule has 0 radical (unpaired) electrons. The third kappa shape index (κ3) is 6.50. The molecule has 2 aliphatic heterocycles. The maximum Gasteiger partial charge on any atom is 0.337 e. The van der Waals surface area contributed by atoms with E-state index in [1.165, 1.54) is 16.7 Å². The third-order valence-electron chi connectivity index (χ3n) is 8.36. The number of aromatic nitrogens is 2. The summed E-state index contributed by atoms with van der Waals surface area (Å²) in [6.07, 6.45) is 14.0. The van der Waals surface area contributed by atoms with E-state index in [1.807, 2.05) is 12.4 Å². The van der Waals surface area contributed by atoms with Crippen molar-refractivity contribution in [2.45, 2.75) is 64.4 Å². The second-order valence-electron chi connectivity index (χ2n) is 10.9. The highest BCUT2D eigenvalue weighted by molar-refractivity contribution is 5.75. The van der Waals surface area contributed by atoms with E-state index in [0.29, 0.717) is 11.8 Å². The molecular formula is C30H43N4O3+3. The minimum atomic E-state index is 0.0357. The molecule has 7 heteroatoms. The Morgan fingerprint density at radius 1 is 1.05 bits per heavy atom. The summed E-state index contributed by atoms with van der Waals surface area (Å²) in [5.74, 6) is 3.29.